The first-order valence-electron chi connectivity index (χ1n) is 9.53. The Kier molecular flexibility index (Phi) is 9.64. The van der Waals surface area contributed by atoms with Gasteiger partial charge < -0.3 is 19.9 Å². The van der Waals surface area contributed by atoms with Crippen molar-refractivity contribution in [3.63, 3.8) is 0 Å². The molecule has 8 heteroatoms. The zero-order chi connectivity index (χ0) is 19.9. The molecule has 29 heavy (non-hydrogen) atoms. The van der Waals surface area contributed by atoms with Crippen LogP contribution in [0, 0.1) is 0 Å². The Bertz CT molecular complexity index is 785. The average Bonchev–Trinajstić information content (AvgIpc) is 2.71. The van der Waals surface area contributed by atoms with Gasteiger partial charge in [0, 0.05) is 50.9 Å². The molecule has 1 fully saturated rings. The third kappa shape index (κ3) is 7.11. The zero-order valence-corrected chi connectivity index (χ0v) is 21.1. The number of anilines is 1. The van der Waals surface area contributed by atoms with Crippen LogP contribution in [0.5, 0.6) is 0 Å². The van der Waals surface area contributed by atoms with Crippen molar-refractivity contribution in [3.8, 4) is 0 Å². The van der Waals surface area contributed by atoms with E-state index in [1.807, 2.05) is 13.2 Å². The van der Waals surface area contributed by atoms with Crippen molar-refractivity contribution in [3.05, 3.63) is 58.2 Å². The molecule has 2 aromatic rings. The molecule has 6 nitrogen and oxygen atoms in total. The van der Waals surface area contributed by atoms with Crippen molar-refractivity contribution in [1.29, 1.82) is 0 Å². The topological polar surface area (TPSA) is 53.0 Å². The Morgan fingerprint density at radius 3 is 2.62 bits per heavy atom. The Hall–Kier alpha value is -1.39. The molecule has 3 rings (SSSR count). The number of morpholine rings is 1. The molecular weight excluding hydrogens is 545 g/mol. The third-order valence-electron chi connectivity index (χ3n) is 4.73. The van der Waals surface area contributed by atoms with Crippen LogP contribution >= 0.6 is 39.9 Å². The maximum Gasteiger partial charge on any atom is 0.193 e. The molecule has 0 bridgehead atoms. The van der Waals surface area contributed by atoms with Gasteiger partial charge in [-0.2, -0.15) is 0 Å². The van der Waals surface area contributed by atoms with Gasteiger partial charge in [0.05, 0.1) is 12.7 Å². The van der Waals surface area contributed by atoms with Gasteiger partial charge in [0.1, 0.15) is 5.82 Å². The second-order valence-electron chi connectivity index (χ2n) is 7.04. The molecular formula is C21H29BrIN5O. The molecule has 158 valence electrons. The van der Waals surface area contributed by atoms with E-state index >= 15 is 0 Å². The van der Waals surface area contributed by atoms with Crippen LogP contribution < -0.4 is 10.2 Å². The summed E-state index contributed by atoms with van der Waals surface area (Å²) in [7, 11) is 3.85. The Labute approximate surface area is 198 Å². The summed E-state index contributed by atoms with van der Waals surface area (Å²) in [6.45, 7) is 6.11. The van der Waals surface area contributed by atoms with Gasteiger partial charge in [-0.1, -0.05) is 34.1 Å². The molecule has 0 saturated carbocycles. The van der Waals surface area contributed by atoms with Crippen LogP contribution in [-0.2, 0) is 17.8 Å². The highest BCUT2D eigenvalue weighted by atomic mass is 127. The first-order valence-corrected chi connectivity index (χ1v) is 10.3. The van der Waals surface area contributed by atoms with E-state index in [1.54, 1.807) is 7.05 Å². The standard InChI is InChI=1S/C21H28BrN5O.HI/c1-16-14-27(10-11-28-16)20-9-6-18(12-24-20)13-25-21(23-2)26(3)15-17-4-7-19(22)8-5-17;/h4-9,12,16H,10-11,13-15H2,1-3H3,(H,23,25);1H. The minimum absolute atomic E-state index is 0. The van der Waals surface area contributed by atoms with Gasteiger partial charge in [-0.3, -0.25) is 4.99 Å². The summed E-state index contributed by atoms with van der Waals surface area (Å²) >= 11 is 3.47. The fourth-order valence-electron chi connectivity index (χ4n) is 3.24. The summed E-state index contributed by atoms with van der Waals surface area (Å²) in [4.78, 5) is 13.4. The van der Waals surface area contributed by atoms with Gasteiger partial charge in [-0.25, -0.2) is 4.98 Å². The summed E-state index contributed by atoms with van der Waals surface area (Å²) in [6, 6.07) is 12.6. The van der Waals surface area contributed by atoms with E-state index in [4.69, 9.17) is 4.74 Å². The molecule has 0 aliphatic carbocycles. The SMILES string of the molecule is CN=C(NCc1ccc(N2CCOC(C)C2)nc1)N(C)Cc1ccc(Br)cc1.I. The summed E-state index contributed by atoms with van der Waals surface area (Å²) in [5.74, 6) is 1.87. The molecule has 1 saturated heterocycles. The Morgan fingerprint density at radius 1 is 1.28 bits per heavy atom. The number of nitrogens with zero attached hydrogens (tertiary/aromatic N) is 4. The number of pyridine rings is 1. The molecule has 2 heterocycles. The number of hydrogen-bond acceptors (Lipinski definition) is 4. The van der Waals surface area contributed by atoms with Gasteiger partial charge in [0.15, 0.2) is 5.96 Å². The maximum absolute atomic E-state index is 5.60. The first-order chi connectivity index (χ1) is 13.5. The molecule has 1 atom stereocenters. The smallest absolute Gasteiger partial charge is 0.193 e. The number of aliphatic imine (C=N–C) groups is 1. The van der Waals surface area contributed by atoms with Crippen LogP contribution in [0.2, 0.25) is 0 Å². The number of benzene rings is 1. The fraction of sp³-hybridized carbons (Fsp3) is 0.429. The van der Waals surface area contributed by atoms with E-state index in [9.17, 15) is 0 Å². The Balaban J connectivity index is 0.00000300. The summed E-state index contributed by atoms with van der Waals surface area (Å²) < 4.78 is 6.69. The van der Waals surface area contributed by atoms with Crippen molar-refractivity contribution in [2.75, 3.05) is 38.7 Å². The lowest BCUT2D eigenvalue weighted by atomic mass is 10.2. The summed E-state index contributed by atoms with van der Waals surface area (Å²) in [5.41, 5.74) is 2.36. The van der Waals surface area contributed by atoms with E-state index in [0.717, 1.165) is 48.1 Å². The first kappa shape index (κ1) is 23.9. The van der Waals surface area contributed by atoms with Crippen LogP contribution in [0.4, 0.5) is 5.82 Å². The normalized spacial score (nSPS) is 16.9. The molecule has 1 aromatic carbocycles. The molecule has 1 N–H and O–H groups in total. The molecule has 1 aliphatic heterocycles. The minimum Gasteiger partial charge on any atom is -0.375 e. The van der Waals surface area contributed by atoms with Crippen LogP contribution in [-0.4, -0.2) is 55.7 Å². The highest BCUT2D eigenvalue weighted by Crippen LogP contribution is 2.16. The third-order valence-corrected chi connectivity index (χ3v) is 5.26. The lowest BCUT2D eigenvalue weighted by molar-refractivity contribution is 0.0529. The number of aromatic nitrogens is 1. The van der Waals surface area contributed by atoms with E-state index in [1.165, 1.54) is 5.56 Å². The fourth-order valence-corrected chi connectivity index (χ4v) is 3.50. The minimum atomic E-state index is 0. The Morgan fingerprint density at radius 2 is 2.00 bits per heavy atom. The van der Waals surface area contributed by atoms with Crippen LogP contribution in [0.15, 0.2) is 52.1 Å². The van der Waals surface area contributed by atoms with Crippen LogP contribution in [0.3, 0.4) is 0 Å². The van der Waals surface area contributed by atoms with Gasteiger partial charge in [-0.05, 0) is 36.2 Å². The number of hydrogen-bond donors (Lipinski definition) is 1. The lowest BCUT2D eigenvalue weighted by Gasteiger charge is -2.32. The molecule has 0 spiro atoms. The summed E-state index contributed by atoms with van der Waals surface area (Å²) in [5, 5.41) is 3.42. The highest BCUT2D eigenvalue weighted by Gasteiger charge is 2.17. The van der Waals surface area contributed by atoms with E-state index in [2.05, 4.69) is 84.3 Å². The molecule has 1 aromatic heterocycles. The quantitative estimate of drug-likeness (QED) is 0.334. The lowest BCUT2D eigenvalue weighted by Crippen LogP contribution is -2.41. The van der Waals surface area contributed by atoms with Gasteiger partial charge in [0.2, 0.25) is 0 Å². The van der Waals surface area contributed by atoms with E-state index in [-0.39, 0.29) is 30.1 Å². The average molecular weight is 574 g/mol. The van der Waals surface area contributed by atoms with E-state index < -0.39 is 0 Å². The predicted octanol–water partition coefficient (Wildman–Crippen LogP) is 3.89. The van der Waals surface area contributed by atoms with Gasteiger partial charge in [0.25, 0.3) is 0 Å². The predicted molar refractivity (Wildman–Crippen MR) is 133 cm³/mol. The monoisotopic (exact) mass is 573 g/mol. The second kappa shape index (κ2) is 11.7. The number of ether oxygens (including phenoxy) is 1. The molecule has 1 unspecified atom stereocenters. The van der Waals surface area contributed by atoms with Crippen LogP contribution in [0.1, 0.15) is 18.1 Å². The van der Waals surface area contributed by atoms with E-state index in [0.29, 0.717) is 6.54 Å². The van der Waals surface area contributed by atoms with Crippen molar-refractivity contribution in [2.24, 2.45) is 4.99 Å². The highest BCUT2D eigenvalue weighted by molar-refractivity contribution is 14.0. The number of nitrogens with one attached hydrogen (secondary N) is 1. The summed E-state index contributed by atoms with van der Waals surface area (Å²) in [6.07, 6.45) is 2.19. The zero-order valence-electron chi connectivity index (χ0n) is 17.1. The van der Waals surface area contributed by atoms with Crippen molar-refractivity contribution < 1.29 is 4.74 Å². The number of halogens is 2. The van der Waals surface area contributed by atoms with Crippen molar-refractivity contribution >= 4 is 51.7 Å². The van der Waals surface area contributed by atoms with Gasteiger partial charge >= 0.3 is 0 Å². The van der Waals surface area contributed by atoms with Crippen LogP contribution in [0.25, 0.3) is 0 Å². The number of guanidine groups is 1. The maximum atomic E-state index is 5.60. The molecule has 0 radical (unpaired) electrons. The largest absolute Gasteiger partial charge is 0.375 e. The molecule has 1 aliphatic rings. The second-order valence-corrected chi connectivity index (χ2v) is 7.95. The molecule has 0 amide bonds. The van der Waals surface area contributed by atoms with Gasteiger partial charge in [-0.15, -0.1) is 24.0 Å². The van der Waals surface area contributed by atoms with Crippen molar-refractivity contribution in [2.45, 2.75) is 26.1 Å². The van der Waals surface area contributed by atoms with Crippen molar-refractivity contribution in [1.82, 2.24) is 15.2 Å². The number of rotatable bonds is 5.